The molecule has 1 unspecified atom stereocenters. The quantitative estimate of drug-likeness (QED) is 0.861. The van der Waals surface area contributed by atoms with Gasteiger partial charge in [0.2, 0.25) is 10.0 Å². The van der Waals surface area contributed by atoms with Gasteiger partial charge in [-0.05, 0) is 24.9 Å². The van der Waals surface area contributed by atoms with Crippen LogP contribution >= 0.6 is 0 Å². The molecule has 1 atom stereocenters. The molecule has 0 amide bonds. The summed E-state index contributed by atoms with van der Waals surface area (Å²) < 4.78 is 26.0. The summed E-state index contributed by atoms with van der Waals surface area (Å²) in [5, 5.41) is 2.85. The summed E-state index contributed by atoms with van der Waals surface area (Å²) in [6.45, 7) is 1.93. The van der Waals surface area contributed by atoms with Gasteiger partial charge in [-0.2, -0.15) is 0 Å². The number of benzene rings is 1. The van der Waals surface area contributed by atoms with E-state index in [1.54, 1.807) is 7.05 Å². The van der Waals surface area contributed by atoms with Crippen LogP contribution in [0.4, 0.5) is 0 Å². The lowest BCUT2D eigenvalue weighted by Gasteiger charge is -2.21. The van der Waals surface area contributed by atoms with E-state index in [1.165, 1.54) is 9.87 Å². The second-order valence-corrected chi connectivity index (χ2v) is 7.04. The number of rotatable bonds is 5. The average molecular weight is 268 g/mol. The molecular weight excluding hydrogens is 248 g/mol. The molecule has 0 saturated carbocycles. The first-order valence-electron chi connectivity index (χ1n) is 6.30. The van der Waals surface area contributed by atoms with Crippen LogP contribution in [0.25, 0.3) is 0 Å². The van der Waals surface area contributed by atoms with Gasteiger partial charge in [0.05, 0.1) is 5.25 Å². The summed E-state index contributed by atoms with van der Waals surface area (Å²) in [5.74, 6) is 0. The van der Waals surface area contributed by atoms with E-state index in [0.717, 1.165) is 19.4 Å². The second-order valence-electron chi connectivity index (χ2n) is 4.72. The minimum atomic E-state index is -3.14. The Morgan fingerprint density at radius 1 is 1.33 bits per heavy atom. The fourth-order valence-corrected chi connectivity index (χ4v) is 3.79. The van der Waals surface area contributed by atoms with Crippen molar-refractivity contribution < 1.29 is 8.42 Å². The van der Waals surface area contributed by atoms with Gasteiger partial charge in [0.25, 0.3) is 0 Å². The topological polar surface area (TPSA) is 49.4 Å². The molecule has 18 heavy (non-hydrogen) atoms. The van der Waals surface area contributed by atoms with Crippen LogP contribution in [0.3, 0.4) is 0 Å². The molecule has 1 saturated heterocycles. The maximum absolute atomic E-state index is 12.2. The second kappa shape index (κ2) is 5.82. The smallest absolute Gasteiger partial charge is 0.218 e. The highest BCUT2D eigenvalue weighted by molar-refractivity contribution is 7.89. The first kappa shape index (κ1) is 13.5. The molecule has 0 bridgehead atoms. The van der Waals surface area contributed by atoms with E-state index in [4.69, 9.17) is 0 Å². The molecule has 0 aliphatic carbocycles. The monoisotopic (exact) mass is 268 g/mol. The van der Waals surface area contributed by atoms with Crippen molar-refractivity contribution in [1.82, 2.24) is 9.62 Å². The molecule has 4 nitrogen and oxygen atoms in total. The highest BCUT2D eigenvalue weighted by Crippen LogP contribution is 2.14. The van der Waals surface area contributed by atoms with Crippen molar-refractivity contribution in [2.24, 2.45) is 0 Å². The Bertz CT molecular complexity index is 467. The Morgan fingerprint density at radius 2 is 2.06 bits per heavy atom. The highest BCUT2D eigenvalue weighted by atomic mass is 32.2. The Balaban J connectivity index is 1.93. The van der Waals surface area contributed by atoms with Crippen LogP contribution in [0.2, 0.25) is 0 Å². The van der Waals surface area contributed by atoms with E-state index in [9.17, 15) is 8.42 Å². The zero-order chi connectivity index (χ0) is 13.0. The fraction of sp³-hybridized carbons (Fsp3) is 0.538. The Hall–Kier alpha value is -0.910. The molecule has 1 aromatic rings. The van der Waals surface area contributed by atoms with Gasteiger partial charge in [0.15, 0.2) is 0 Å². The Morgan fingerprint density at radius 3 is 2.67 bits per heavy atom. The molecule has 1 heterocycles. The van der Waals surface area contributed by atoms with E-state index >= 15 is 0 Å². The third-order valence-electron chi connectivity index (χ3n) is 3.43. The van der Waals surface area contributed by atoms with Crippen molar-refractivity contribution in [3.05, 3.63) is 35.9 Å². The molecular formula is C13H20N2O2S. The number of hydrogen-bond donors (Lipinski definition) is 1. The molecule has 2 rings (SSSR count). The van der Waals surface area contributed by atoms with Crippen LogP contribution < -0.4 is 5.32 Å². The number of nitrogens with one attached hydrogen (secondary N) is 1. The van der Waals surface area contributed by atoms with Crippen LogP contribution in [-0.4, -0.2) is 44.7 Å². The Labute approximate surface area is 109 Å². The minimum absolute atomic E-state index is 0.252. The van der Waals surface area contributed by atoms with Crippen molar-refractivity contribution in [3.8, 4) is 0 Å². The summed E-state index contributed by atoms with van der Waals surface area (Å²) in [4.78, 5) is 0. The molecule has 1 N–H and O–H groups in total. The Kier molecular flexibility index (Phi) is 4.37. The molecule has 0 radical (unpaired) electrons. The normalized spacial score (nSPS) is 20.4. The van der Waals surface area contributed by atoms with Gasteiger partial charge in [0.1, 0.15) is 0 Å². The van der Waals surface area contributed by atoms with Gasteiger partial charge in [-0.3, -0.25) is 0 Å². The standard InChI is InChI=1S/C13H20N2O2S/c1-15(10-8-12-5-3-2-4-6-12)18(16,17)13-7-9-14-11-13/h2-6,13-14H,7-11H2,1H3. The van der Waals surface area contributed by atoms with Crippen LogP contribution in [-0.2, 0) is 16.4 Å². The van der Waals surface area contributed by atoms with Gasteiger partial charge in [-0.15, -0.1) is 0 Å². The highest BCUT2D eigenvalue weighted by Gasteiger charge is 2.31. The molecule has 0 spiro atoms. The average Bonchev–Trinajstić information content (AvgIpc) is 2.91. The van der Waals surface area contributed by atoms with Crippen molar-refractivity contribution >= 4 is 10.0 Å². The zero-order valence-corrected chi connectivity index (χ0v) is 11.5. The third kappa shape index (κ3) is 3.10. The third-order valence-corrected chi connectivity index (χ3v) is 5.73. The molecule has 0 aromatic heterocycles. The van der Waals surface area contributed by atoms with Crippen molar-refractivity contribution in [3.63, 3.8) is 0 Å². The first-order chi connectivity index (χ1) is 8.60. The SMILES string of the molecule is CN(CCc1ccccc1)S(=O)(=O)C1CCNC1. The van der Waals surface area contributed by atoms with Gasteiger partial charge < -0.3 is 5.32 Å². The minimum Gasteiger partial charge on any atom is -0.315 e. The lowest BCUT2D eigenvalue weighted by molar-refractivity contribution is 0.462. The molecule has 5 heteroatoms. The molecule has 100 valence electrons. The van der Waals surface area contributed by atoms with Crippen LogP contribution in [0.1, 0.15) is 12.0 Å². The van der Waals surface area contributed by atoms with Crippen molar-refractivity contribution in [1.29, 1.82) is 0 Å². The number of likely N-dealkylation sites (N-methyl/N-ethyl adjacent to an activating group) is 1. The molecule has 1 aliphatic heterocycles. The van der Waals surface area contributed by atoms with Gasteiger partial charge in [-0.1, -0.05) is 30.3 Å². The maximum atomic E-state index is 12.2. The van der Waals surface area contributed by atoms with Crippen molar-refractivity contribution in [2.75, 3.05) is 26.7 Å². The van der Waals surface area contributed by atoms with E-state index < -0.39 is 10.0 Å². The van der Waals surface area contributed by atoms with Crippen LogP contribution in [0, 0.1) is 0 Å². The van der Waals surface area contributed by atoms with E-state index in [2.05, 4.69) is 5.32 Å². The largest absolute Gasteiger partial charge is 0.315 e. The zero-order valence-electron chi connectivity index (χ0n) is 10.7. The summed E-state index contributed by atoms with van der Waals surface area (Å²) in [6.07, 6.45) is 1.48. The van der Waals surface area contributed by atoms with Crippen molar-refractivity contribution in [2.45, 2.75) is 18.1 Å². The lowest BCUT2D eigenvalue weighted by Crippen LogP contribution is -2.38. The summed E-state index contributed by atoms with van der Waals surface area (Å²) in [7, 11) is -1.46. The number of hydrogen-bond acceptors (Lipinski definition) is 3. The fourth-order valence-electron chi connectivity index (χ4n) is 2.20. The molecule has 1 fully saturated rings. The van der Waals surface area contributed by atoms with Crippen LogP contribution in [0.5, 0.6) is 0 Å². The summed E-state index contributed by atoms with van der Waals surface area (Å²) in [6, 6.07) is 9.97. The van der Waals surface area contributed by atoms with E-state index in [-0.39, 0.29) is 5.25 Å². The van der Waals surface area contributed by atoms with Gasteiger partial charge in [0, 0.05) is 20.1 Å². The molecule has 1 aliphatic rings. The van der Waals surface area contributed by atoms with Gasteiger partial charge >= 0.3 is 0 Å². The van der Waals surface area contributed by atoms with Crippen LogP contribution in [0.15, 0.2) is 30.3 Å². The van der Waals surface area contributed by atoms with Gasteiger partial charge in [-0.25, -0.2) is 12.7 Å². The van der Waals surface area contributed by atoms with E-state index in [0.29, 0.717) is 13.1 Å². The van der Waals surface area contributed by atoms with E-state index in [1.807, 2.05) is 30.3 Å². The lowest BCUT2D eigenvalue weighted by atomic mass is 10.2. The maximum Gasteiger partial charge on any atom is 0.218 e. The predicted octanol–water partition coefficient (Wildman–Crippen LogP) is 0.853. The predicted molar refractivity (Wildman–Crippen MR) is 73.0 cm³/mol. The first-order valence-corrected chi connectivity index (χ1v) is 7.81. The number of sulfonamides is 1. The summed E-state index contributed by atoms with van der Waals surface area (Å²) >= 11 is 0. The summed E-state index contributed by atoms with van der Waals surface area (Å²) in [5.41, 5.74) is 1.17. The molecule has 1 aromatic carbocycles. The number of nitrogens with zero attached hydrogens (tertiary/aromatic N) is 1.